The summed E-state index contributed by atoms with van der Waals surface area (Å²) in [6.45, 7) is 0. The van der Waals surface area contributed by atoms with Gasteiger partial charge in [-0.05, 0) is 12.1 Å². The maximum Gasteiger partial charge on any atom is 0.269 e. The van der Waals surface area contributed by atoms with Crippen molar-refractivity contribution in [2.75, 3.05) is 11.1 Å². The number of aromatic nitrogens is 5. The number of nitro benzene ring substituents is 1. The second-order valence-corrected chi connectivity index (χ2v) is 5.67. The molecule has 0 radical (unpaired) electrons. The van der Waals surface area contributed by atoms with Gasteiger partial charge in [0.15, 0.2) is 11.2 Å². The summed E-state index contributed by atoms with van der Waals surface area (Å²) in [5.41, 5.74) is 1.57. The maximum atomic E-state index is 12.0. The van der Waals surface area contributed by atoms with Crippen molar-refractivity contribution in [3.8, 4) is 0 Å². The number of thioether (sulfide) groups is 1. The van der Waals surface area contributed by atoms with E-state index in [0.29, 0.717) is 21.9 Å². The standard InChI is InChI=1S/C13H11N7O3S/c1-19-12-11(17-18-19)13(15-7-14-12)24-6-10(21)16-8-2-4-9(5-3-8)20(22)23/h2-5,7H,6H2,1H3,(H,16,21). The van der Waals surface area contributed by atoms with Gasteiger partial charge in [-0.25, -0.2) is 14.6 Å². The normalized spacial score (nSPS) is 10.7. The number of nitrogens with zero attached hydrogens (tertiary/aromatic N) is 6. The van der Waals surface area contributed by atoms with E-state index >= 15 is 0 Å². The van der Waals surface area contributed by atoms with Crippen LogP contribution in [0.15, 0.2) is 35.6 Å². The molecule has 11 heteroatoms. The molecule has 0 saturated heterocycles. The highest BCUT2D eigenvalue weighted by Crippen LogP contribution is 2.22. The van der Waals surface area contributed by atoms with Crippen LogP contribution in [0.2, 0.25) is 0 Å². The molecule has 1 amide bonds. The molecule has 122 valence electrons. The van der Waals surface area contributed by atoms with Crippen molar-refractivity contribution in [3.63, 3.8) is 0 Å². The summed E-state index contributed by atoms with van der Waals surface area (Å²) in [4.78, 5) is 30.3. The average molecular weight is 345 g/mol. The number of anilines is 1. The van der Waals surface area contributed by atoms with Gasteiger partial charge in [-0.2, -0.15) is 0 Å². The average Bonchev–Trinajstić information content (AvgIpc) is 2.95. The number of hydrogen-bond acceptors (Lipinski definition) is 8. The highest BCUT2D eigenvalue weighted by atomic mass is 32.2. The minimum atomic E-state index is -0.497. The monoisotopic (exact) mass is 345 g/mol. The molecule has 2 aromatic heterocycles. The van der Waals surface area contributed by atoms with E-state index in [-0.39, 0.29) is 17.3 Å². The van der Waals surface area contributed by atoms with Crippen LogP contribution in [0, 0.1) is 10.1 Å². The van der Waals surface area contributed by atoms with Crippen LogP contribution < -0.4 is 5.32 Å². The van der Waals surface area contributed by atoms with Gasteiger partial charge in [0.25, 0.3) is 5.69 Å². The summed E-state index contributed by atoms with van der Waals surface area (Å²) in [5, 5.41) is 21.7. The first-order valence-corrected chi connectivity index (χ1v) is 7.70. The smallest absolute Gasteiger partial charge is 0.269 e. The molecular weight excluding hydrogens is 334 g/mol. The Hall–Kier alpha value is -3.08. The number of amides is 1. The summed E-state index contributed by atoms with van der Waals surface area (Å²) in [5.74, 6) is -0.149. The van der Waals surface area contributed by atoms with E-state index in [4.69, 9.17) is 0 Å². The fourth-order valence-electron chi connectivity index (χ4n) is 1.94. The Morgan fingerprint density at radius 2 is 2.08 bits per heavy atom. The van der Waals surface area contributed by atoms with E-state index < -0.39 is 4.92 Å². The Bertz CT molecular complexity index is 910. The predicted molar refractivity (Wildman–Crippen MR) is 86.5 cm³/mol. The first-order valence-electron chi connectivity index (χ1n) is 6.72. The SMILES string of the molecule is Cn1nnc2c(SCC(=O)Nc3ccc([N+](=O)[O-])cc3)ncnc21. The third-order valence-corrected chi connectivity index (χ3v) is 4.04. The number of aryl methyl sites for hydroxylation is 1. The van der Waals surface area contributed by atoms with Gasteiger partial charge in [0, 0.05) is 24.9 Å². The third-order valence-electron chi connectivity index (χ3n) is 3.06. The number of hydrogen-bond donors (Lipinski definition) is 1. The van der Waals surface area contributed by atoms with Crippen LogP contribution in [0.5, 0.6) is 0 Å². The topological polar surface area (TPSA) is 129 Å². The Kier molecular flexibility index (Phi) is 4.33. The number of nitrogens with one attached hydrogen (secondary N) is 1. The molecule has 0 aliphatic heterocycles. The van der Waals surface area contributed by atoms with Crippen molar-refractivity contribution in [2.24, 2.45) is 7.05 Å². The zero-order valence-corrected chi connectivity index (χ0v) is 13.2. The van der Waals surface area contributed by atoms with Crippen molar-refractivity contribution < 1.29 is 9.72 Å². The first kappa shape index (κ1) is 15.8. The minimum Gasteiger partial charge on any atom is -0.325 e. The Morgan fingerprint density at radius 3 is 2.79 bits per heavy atom. The van der Waals surface area contributed by atoms with E-state index in [2.05, 4.69) is 25.6 Å². The van der Waals surface area contributed by atoms with Crippen molar-refractivity contribution in [1.29, 1.82) is 0 Å². The number of benzene rings is 1. The van der Waals surface area contributed by atoms with Crippen LogP contribution in [0.25, 0.3) is 11.2 Å². The molecule has 0 aliphatic carbocycles. The van der Waals surface area contributed by atoms with Crippen LogP contribution in [-0.4, -0.2) is 41.5 Å². The van der Waals surface area contributed by atoms with Crippen molar-refractivity contribution >= 4 is 40.2 Å². The van der Waals surface area contributed by atoms with Crippen LogP contribution >= 0.6 is 11.8 Å². The molecule has 0 spiro atoms. The highest BCUT2D eigenvalue weighted by Gasteiger charge is 2.12. The molecule has 24 heavy (non-hydrogen) atoms. The molecule has 0 atom stereocenters. The van der Waals surface area contributed by atoms with E-state index in [1.54, 1.807) is 7.05 Å². The lowest BCUT2D eigenvalue weighted by molar-refractivity contribution is -0.384. The molecule has 3 rings (SSSR count). The molecule has 0 saturated carbocycles. The molecule has 0 fully saturated rings. The summed E-state index contributed by atoms with van der Waals surface area (Å²) in [6.07, 6.45) is 1.39. The lowest BCUT2D eigenvalue weighted by atomic mass is 10.3. The molecule has 10 nitrogen and oxygen atoms in total. The Morgan fingerprint density at radius 1 is 1.33 bits per heavy atom. The van der Waals surface area contributed by atoms with Crippen LogP contribution in [0.1, 0.15) is 0 Å². The van der Waals surface area contributed by atoms with Crippen LogP contribution in [0.4, 0.5) is 11.4 Å². The Balaban J connectivity index is 1.63. The second kappa shape index (κ2) is 6.58. The fraction of sp³-hybridized carbons (Fsp3) is 0.154. The molecule has 0 unspecified atom stereocenters. The number of nitro groups is 1. The maximum absolute atomic E-state index is 12.0. The zero-order valence-electron chi connectivity index (χ0n) is 12.4. The number of rotatable bonds is 5. The van der Waals surface area contributed by atoms with Crippen molar-refractivity contribution in [2.45, 2.75) is 5.03 Å². The summed E-state index contributed by atoms with van der Waals surface area (Å²) < 4.78 is 1.53. The molecule has 0 aliphatic rings. The molecular formula is C13H11N7O3S. The first-order chi connectivity index (χ1) is 11.5. The van der Waals surface area contributed by atoms with Crippen molar-refractivity contribution in [3.05, 3.63) is 40.7 Å². The highest BCUT2D eigenvalue weighted by molar-refractivity contribution is 8.00. The van der Waals surface area contributed by atoms with E-state index in [1.165, 1.54) is 47.0 Å². The van der Waals surface area contributed by atoms with Gasteiger partial charge in [-0.3, -0.25) is 14.9 Å². The minimum absolute atomic E-state index is 0.0339. The number of carbonyl (C=O) groups excluding carboxylic acids is 1. The van der Waals surface area contributed by atoms with Crippen LogP contribution in [-0.2, 0) is 11.8 Å². The molecule has 0 bridgehead atoms. The number of carbonyl (C=O) groups is 1. The molecule has 1 N–H and O–H groups in total. The lowest BCUT2D eigenvalue weighted by Crippen LogP contribution is -2.14. The fourth-order valence-corrected chi connectivity index (χ4v) is 2.67. The third kappa shape index (κ3) is 3.30. The van der Waals surface area contributed by atoms with E-state index in [0.717, 1.165) is 0 Å². The number of non-ortho nitro benzene ring substituents is 1. The van der Waals surface area contributed by atoms with E-state index in [9.17, 15) is 14.9 Å². The van der Waals surface area contributed by atoms with Gasteiger partial charge in [0.05, 0.1) is 10.7 Å². The second-order valence-electron chi connectivity index (χ2n) is 4.70. The van der Waals surface area contributed by atoms with Crippen molar-refractivity contribution in [1.82, 2.24) is 25.0 Å². The summed E-state index contributed by atoms with van der Waals surface area (Å²) >= 11 is 1.21. The molecule has 2 heterocycles. The lowest BCUT2D eigenvalue weighted by Gasteiger charge is -2.04. The largest absolute Gasteiger partial charge is 0.325 e. The van der Waals surface area contributed by atoms with E-state index in [1.807, 2.05) is 0 Å². The van der Waals surface area contributed by atoms with Gasteiger partial charge in [0.2, 0.25) is 5.91 Å². The Labute approximate surface area is 139 Å². The molecule has 3 aromatic rings. The molecule has 1 aromatic carbocycles. The zero-order chi connectivity index (χ0) is 17.1. The van der Waals surface area contributed by atoms with Crippen LogP contribution in [0.3, 0.4) is 0 Å². The summed E-state index contributed by atoms with van der Waals surface area (Å²) in [6, 6.07) is 5.62. The van der Waals surface area contributed by atoms with Gasteiger partial charge >= 0.3 is 0 Å². The van der Waals surface area contributed by atoms with Gasteiger partial charge < -0.3 is 5.32 Å². The van der Waals surface area contributed by atoms with Gasteiger partial charge in [0.1, 0.15) is 11.4 Å². The van der Waals surface area contributed by atoms with Gasteiger partial charge in [-0.15, -0.1) is 5.10 Å². The predicted octanol–water partition coefficient (Wildman–Crippen LogP) is 1.40. The van der Waals surface area contributed by atoms with Gasteiger partial charge in [-0.1, -0.05) is 17.0 Å². The number of fused-ring (bicyclic) bond motifs is 1. The quantitative estimate of drug-likeness (QED) is 0.318. The summed E-state index contributed by atoms with van der Waals surface area (Å²) in [7, 11) is 1.72.